The summed E-state index contributed by atoms with van der Waals surface area (Å²) in [5, 5.41) is 24.1. The van der Waals surface area contributed by atoms with Crippen LogP contribution in [-0.2, 0) is 10.3 Å². The summed E-state index contributed by atoms with van der Waals surface area (Å²) in [5.41, 5.74) is -1.25. The molecule has 4 saturated carbocycles. The van der Waals surface area contributed by atoms with Gasteiger partial charge in [0.2, 0.25) is 0 Å². The van der Waals surface area contributed by atoms with Crippen LogP contribution in [0.5, 0.6) is 0 Å². The monoisotopic (exact) mass is 414 g/mol. The third-order valence-corrected chi connectivity index (χ3v) is 10.4. The maximum absolute atomic E-state index is 12.2. The molecule has 0 saturated heterocycles. The van der Waals surface area contributed by atoms with E-state index >= 15 is 0 Å². The summed E-state index contributed by atoms with van der Waals surface area (Å²) in [6.07, 6.45) is 14.4. The van der Waals surface area contributed by atoms with Crippen LogP contribution in [0.15, 0.2) is 35.7 Å². The minimum absolute atomic E-state index is 0.268. The fourth-order valence-corrected chi connectivity index (χ4v) is 8.52. The van der Waals surface area contributed by atoms with Crippen LogP contribution in [0.3, 0.4) is 0 Å². The first-order valence-corrected chi connectivity index (χ1v) is 12.0. The van der Waals surface area contributed by atoms with E-state index in [9.17, 15) is 10.2 Å². The van der Waals surface area contributed by atoms with Crippen molar-refractivity contribution in [3.8, 4) is 0 Å². The number of fused-ring (bicyclic) bond motifs is 5. The quantitative estimate of drug-likeness (QED) is 0.665. The molecule has 4 aliphatic carbocycles. The van der Waals surface area contributed by atoms with Gasteiger partial charge in [0.05, 0.1) is 30.8 Å². The summed E-state index contributed by atoms with van der Waals surface area (Å²) in [7, 11) is 0. The van der Waals surface area contributed by atoms with Crippen LogP contribution in [0.2, 0.25) is 0 Å². The van der Waals surface area contributed by atoms with E-state index in [1.807, 2.05) is 12.1 Å². The lowest BCUT2D eigenvalue weighted by atomic mass is 9.43. The van der Waals surface area contributed by atoms with E-state index in [0.717, 1.165) is 44.1 Å². The Bertz CT molecular complexity index is 789. The Morgan fingerprint density at radius 1 is 1.10 bits per heavy atom. The van der Waals surface area contributed by atoms with Crippen molar-refractivity contribution in [3.63, 3.8) is 0 Å². The molecule has 0 bridgehead atoms. The maximum Gasteiger partial charge on any atom is 0.101 e. The zero-order valence-electron chi connectivity index (χ0n) is 18.6. The first-order chi connectivity index (χ1) is 14.3. The second-order valence-corrected chi connectivity index (χ2v) is 11.2. The van der Waals surface area contributed by atoms with Crippen LogP contribution >= 0.6 is 0 Å². The lowest BCUT2D eigenvalue weighted by Gasteiger charge is -2.64. The summed E-state index contributed by atoms with van der Waals surface area (Å²) in [6, 6.07) is 1.88. The van der Waals surface area contributed by atoms with Crippen molar-refractivity contribution in [1.29, 1.82) is 0 Å². The van der Waals surface area contributed by atoms with Crippen molar-refractivity contribution in [2.75, 3.05) is 6.61 Å². The molecule has 1 unspecified atom stereocenters. The second-order valence-electron chi connectivity index (χ2n) is 11.2. The van der Waals surface area contributed by atoms with E-state index < -0.39 is 16.6 Å². The number of furan rings is 1. The Labute approximate surface area is 180 Å². The molecule has 8 atom stereocenters. The van der Waals surface area contributed by atoms with E-state index in [1.165, 1.54) is 6.42 Å². The highest BCUT2D eigenvalue weighted by molar-refractivity contribution is 5.30. The highest BCUT2D eigenvalue weighted by atomic mass is 16.5. The Morgan fingerprint density at radius 3 is 2.67 bits per heavy atom. The standard InChI is InChI=1S/C26H38O4/c1-4-14-30-20-7-10-23(2)18(16-20)5-6-22-21(23)8-11-24(3)25(27,12-13-26(22,24)28)19-9-15-29-17-19/h4,9,15,17-18,20-22,27-28H,1,5-8,10-14,16H2,2-3H3/t18-,20?,21+,22-,23+,24-,25+,26+/m1/s1. The lowest BCUT2D eigenvalue weighted by molar-refractivity contribution is -0.239. The van der Waals surface area contributed by atoms with Crippen LogP contribution in [0, 0.1) is 28.6 Å². The average Bonchev–Trinajstić information content (AvgIpc) is 3.34. The molecular weight excluding hydrogens is 376 g/mol. The number of hydrogen-bond donors (Lipinski definition) is 2. The average molecular weight is 415 g/mol. The van der Waals surface area contributed by atoms with Crippen LogP contribution < -0.4 is 0 Å². The molecule has 30 heavy (non-hydrogen) atoms. The molecule has 0 aliphatic heterocycles. The Balaban J connectivity index is 1.43. The molecular formula is C26H38O4. The van der Waals surface area contributed by atoms with Gasteiger partial charge in [0.15, 0.2) is 0 Å². The first kappa shape index (κ1) is 20.8. The molecule has 0 amide bonds. The van der Waals surface area contributed by atoms with E-state index in [1.54, 1.807) is 12.5 Å². The van der Waals surface area contributed by atoms with Crippen molar-refractivity contribution in [1.82, 2.24) is 0 Å². The Morgan fingerprint density at radius 2 is 1.93 bits per heavy atom. The van der Waals surface area contributed by atoms with Gasteiger partial charge in [0.25, 0.3) is 0 Å². The van der Waals surface area contributed by atoms with Crippen LogP contribution in [0.25, 0.3) is 0 Å². The van der Waals surface area contributed by atoms with Gasteiger partial charge >= 0.3 is 0 Å². The number of aliphatic hydroxyl groups is 2. The SMILES string of the molecule is C=CCOC1CC[C@@]2(C)[C@H](CC[C@@H]3[C@@H]2CC[C@]2(C)[C@@](O)(c4ccoc4)CC[C@]32O)C1. The van der Waals surface area contributed by atoms with Crippen LogP contribution in [-0.4, -0.2) is 28.5 Å². The van der Waals surface area contributed by atoms with Crippen LogP contribution in [0.4, 0.5) is 0 Å². The highest BCUT2D eigenvalue weighted by Crippen LogP contribution is 2.71. The smallest absolute Gasteiger partial charge is 0.101 e. The molecule has 4 nitrogen and oxygen atoms in total. The molecule has 2 N–H and O–H groups in total. The van der Waals surface area contributed by atoms with Gasteiger partial charge < -0.3 is 19.4 Å². The molecule has 0 aromatic carbocycles. The predicted molar refractivity (Wildman–Crippen MR) is 116 cm³/mol. The fourth-order valence-electron chi connectivity index (χ4n) is 8.52. The maximum atomic E-state index is 12.2. The van der Waals surface area contributed by atoms with E-state index in [-0.39, 0.29) is 11.3 Å². The number of ether oxygens (including phenoxy) is 1. The topological polar surface area (TPSA) is 62.8 Å². The summed E-state index contributed by atoms with van der Waals surface area (Å²) >= 11 is 0. The molecule has 4 heteroatoms. The molecule has 1 aromatic heterocycles. The predicted octanol–water partition coefficient (Wildman–Crippen LogP) is 5.20. The lowest BCUT2D eigenvalue weighted by Crippen LogP contribution is -2.64. The molecule has 4 fully saturated rings. The Hall–Kier alpha value is -1.10. The fraction of sp³-hybridized carbons (Fsp3) is 0.769. The van der Waals surface area contributed by atoms with Crippen molar-refractivity contribution < 1.29 is 19.4 Å². The van der Waals surface area contributed by atoms with Gasteiger partial charge in [0.1, 0.15) is 5.60 Å². The third kappa shape index (κ3) is 2.56. The zero-order valence-corrected chi connectivity index (χ0v) is 18.6. The summed E-state index contributed by atoms with van der Waals surface area (Å²) in [5.74, 6) is 1.47. The van der Waals surface area contributed by atoms with E-state index in [4.69, 9.17) is 9.15 Å². The van der Waals surface area contributed by atoms with Gasteiger partial charge in [-0.25, -0.2) is 0 Å². The number of hydrogen-bond acceptors (Lipinski definition) is 4. The zero-order chi connectivity index (χ0) is 21.2. The minimum atomic E-state index is -1.01. The van der Waals surface area contributed by atoms with Crippen molar-refractivity contribution in [2.45, 2.75) is 88.9 Å². The van der Waals surface area contributed by atoms with Gasteiger partial charge in [0, 0.05) is 11.0 Å². The van der Waals surface area contributed by atoms with Gasteiger partial charge in [-0.2, -0.15) is 0 Å². The van der Waals surface area contributed by atoms with Gasteiger partial charge in [-0.05, 0) is 87.0 Å². The minimum Gasteiger partial charge on any atom is -0.472 e. The normalized spacial score (nSPS) is 50.4. The van der Waals surface area contributed by atoms with Crippen molar-refractivity contribution in [3.05, 3.63) is 36.8 Å². The molecule has 0 radical (unpaired) electrons. The second kappa shape index (κ2) is 6.95. The molecule has 1 aromatic rings. The highest BCUT2D eigenvalue weighted by Gasteiger charge is 2.72. The van der Waals surface area contributed by atoms with Crippen molar-refractivity contribution in [2.24, 2.45) is 28.6 Å². The first-order valence-electron chi connectivity index (χ1n) is 12.0. The van der Waals surface area contributed by atoms with Gasteiger partial charge in [-0.1, -0.05) is 19.9 Å². The summed E-state index contributed by atoms with van der Waals surface area (Å²) in [6.45, 7) is 9.06. The number of rotatable bonds is 4. The molecule has 5 rings (SSSR count). The van der Waals surface area contributed by atoms with E-state index in [0.29, 0.717) is 37.4 Å². The Kier molecular flexibility index (Phi) is 4.81. The third-order valence-electron chi connectivity index (χ3n) is 10.4. The van der Waals surface area contributed by atoms with Crippen molar-refractivity contribution >= 4 is 0 Å². The molecule has 0 spiro atoms. The largest absolute Gasteiger partial charge is 0.472 e. The summed E-state index contributed by atoms with van der Waals surface area (Å²) < 4.78 is 11.3. The molecule has 166 valence electrons. The molecule has 1 heterocycles. The molecule has 4 aliphatic rings. The van der Waals surface area contributed by atoms with Crippen LogP contribution in [0.1, 0.15) is 77.2 Å². The van der Waals surface area contributed by atoms with Gasteiger partial charge in [-0.15, -0.1) is 6.58 Å². The van der Waals surface area contributed by atoms with E-state index in [2.05, 4.69) is 20.4 Å². The van der Waals surface area contributed by atoms with Gasteiger partial charge in [-0.3, -0.25) is 0 Å². The summed E-state index contributed by atoms with van der Waals surface area (Å²) in [4.78, 5) is 0.